The number of fused-ring (bicyclic) bond motifs is 2. The van der Waals surface area contributed by atoms with Gasteiger partial charge in [-0.15, -0.1) is 5.10 Å². The minimum atomic E-state index is -3.32. The van der Waals surface area contributed by atoms with Crippen molar-refractivity contribution in [1.82, 2.24) is 34.3 Å². The average molecular weight is 423 g/mol. The molecule has 0 spiro atoms. The lowest BCUT2D eigenvalue weighted by Gasteiger charge is -2.07. The molecule has 5 rings (SSSR count). The molecule has 0 aliphatic heterocycles. The standard InChI is InChI=1S/C19H15FN7O2P/c1-30(28,29)14-5-3-13(4-6-14)15-8-22-18-19(23-15)27(25-24-18)11-12-2-7-17-21-9-16(20)26(17)10-12/h2-10H,11H2,1H3,(H,28,29). The van der Waals surface area contributed by atoms with Crippen LogP contribution in [0.5, 0.6) is 0 Å². The summed E-state index contributed by atoms with van der Waals surface area (Å²) in [4.78, 5) is 22.6. The third kappa shape index (κ3) is 3.26. The molecule has 11 heteroatoms. The Kier molecular flexibility index (Phi) is 4.19. The first-order chi connectivity index (χ1) is 14.4. The third-order valence-corrected chi connectivity index (χ3v) is 5.98. The molecular weight excluding hydrogens is 408 g/mol. The van der Waals surface area contributed by atoms with Crippen LogP contribution >= 0.6 is 7.37 Å². The molecule has 0 bridgehead atoms. The van der Waals surface area contributed by atoms with Crippen LogP contribution < -0.4 is 5.30 Å². The maximum atomic E-state index is 13.8. The lowest BCUT2D eigenvalue weighted by molar-refractivity contribution is 0.496. The van der Waals surface area contributed by atoms with Gasteiger partial charge in [-0.3, -0.25) is 8.97 Å². The van der Waals surface area contributed by atoms with Crippen molar-refractivity contribution in [3.8, 4) is 11.3 Å². The summed E-state index contributed by atoms with van der Waals surface area (Å²) in [5.74, 6) is -0.444. The summed E-state index contributed by atoms with van der Waals surface area (Å²) < 4.78 is 28.5. The molecule has 0 aliphatic carbocycles. The van der Waals surface area contributed by atoms with E-state index in [9.17, 15) is 13.8 Å². The quantitative estimate of drug-likeness (QED) is 0.442. The van der Waals surface area contributed by atoms with Crippen LogP contribution in [0.15, 0.2) is 55.0 Å². The van der Waals surface area contributed by atoms with Crippen molar-refractivity contribution in [3.63, 3.8) is 0 Å². The van der Waals surface area contributed by atoms with Gasteiger partial charge in [-0.25, -0.2) is 19.6 Å². The number of rotatable bonds is 4. The molecule has 1 unspecified atom stereocenters. The molecule has 4 heterocycles. The van der Waals surface area contributed by atoms with E-state index < -0.39 is 13.3 Å². The molecule has 0 saturated carbocycles. The molecule has 1 aromatic carbocycles. The molecule has 0 saturated heterocycles. The second kappa shape index (κ2) is 6.79. The molecule has 4 aromatic heterocycles. The normalized spacial score (nSPS) is 13.7. The van der Waals surface area contributed by atoms with Crippen molar-refractivity contribution in [1.29, 1.82) is 0 Å². The van der Waals surface area contributed by atoms with Gasteiger partial charge in [0.2, 0.25) is 19.0 Å². The highest BCUT2D eigenvalue weighted by Gasteiger charge is 2.15. The number of halogens is 1. The molecular formula is C19H15FN7O2P. The fourth-order valence-corrected chi connectivity index (χ4v) is 3.87. The second-order valence-corrected chi connectivity index (χ2v) is 9.20. The molecule has 0 aliphatic rings. The van der Waals surface area contributed by atoms with Gasteiger partial charge in [-0.05, 0) is 23.8 Å². The van der Waals surface area contributed by atoms with Crippen molar-refractivity contribution in [2.75, 3.05) is 6.66 Å². The first-order valence-corrected chi connectivity index (χ1v) is 11.1. The lowest BCUT2D eigenvalue weighted by atomic mass is 10.2. The van der Waals surface area contributed by atoms with Crippen molar-refractivity contribution in [3.05, 3.63) is 66.5 Å². The first kappa shape index (κ1) is 18.5. The number of hydrogen-bond donors (Lipinski definition) is 1. The summed E-state index contributed by atoms with van der Waals surface area (Å²) in [5, 5.41) is 8.53. The molecule has 5 aromatic rings. The van der Waals surface area contributed by atoms with Gasteiger partial charge < -0.3 is 4.89 Å². The Morgan fingerprint density at radius 3 is 2.67 bits per heavy atom. The first-order valence-electron chi connectivity index (χ1n) is 8.97. The van der Waals surface area contributed by atoms with Crippen LogP contribution in [-0.4, -0.2) is 45.9 Å². The van der Waals surface area contributed by atoms with Crippen LogP contribution in [0, 0.1) is 5.95 Å². The van der Waals surface area contributed by atoms with E-state index in [4.69, 9.17) is 0 Å². The summed E-state index contributed by atoms with van der Waals surface area (Å²) in [7, 11) is -3.32. The maximum Gasteiger partial charge on any atom is 0.226 e. The van der Waals surface area contributed by atoms with Crippen molar-refractivity contribution < 1.29 is 13.8 Å². The van der Waals surface area contributed by atoms with Crippen molar-refractivity contribution >= 4 is 29.6 Å². The Morgan fingerprint density at radius 2 is 1.90 bits per heavy atom. The van der Waals surface area contributed by atoms with Crippen LogP contribution in [0.4, 0.5) is 4.39 Å². The van der Waals surface area contributed by atoms with E-state index in [1.165, 1.54) is 17.3 Å². The molecule has 0 fully saturated rings. The van der Waals surface area contributed by atoms with E-state index >= 15 is 0 Å². The van der Waals surface area contributed by atoms with Gasteiger partial charge in [-0.2, -0.15) is 4.39 Å². The predicted octanol–water partition coefficient (Wildman–Crippen LogP) is 2.25. The molecule has 30 heavy (non-hydrogen) atoms. The van der Waals surface area contributed by atoms with Gasteiger partial charge in [0.05, 0.1) is 24.6 Å². The van der Waals surface area contributed by atoms with Crippen LogP contribution in [0.3, 0.4) is 0 Å². The Balaban J connectivity index is 1.51. The average Bonchev–Trinajstić information content (AvgIpc) is 3.31. The predicted molar refractivity (Wildman–Crippen MR) is 108 cm³/mol. The highest BCUT2D eigenvalue weighted by atomic mass is 31.2. The Morgan fingerprint density at radius 1 is 1.10 bits per heavy atom. The maximum absolute atomic E-state index is 13.8. The number of benzene rings is 1. The Labute approximate surface area is 169 Å². The van der Waals surface area contributed by atoms with Gasteiger partial charge in [0.25, 0.3) is 0 Å². The summed E-state index contributed by atoms with van der Waals surface area (Å²) in [6.07, 6.45) is 4.40. The molecule has 1 atom stereocenters. The van der Waals surface area contributed by atoms with E-state index in [1.807, 2.05) is 6.07 Å². The smallest absolute Gasteiger partial charge is 0.226 e. The van der Waals surface area contributed by atoms with E-state index in [0.29, 0.717) is 34.5 Å². The van der Waals surface area contributed by atoms with Crippen LogP contribution in [0.25, 0.3) is 28.2 Å². The van der Waals surface area contributed by atoms with Gasteiger partial charge in [0, 0.05) is 23.7 Å². The van der Waals surface area contributed by atoms with Crippen LogP contribution in [0.1, 0.15) is 5.56 Å². The van der Waals surface area contributed by atoms with E-state index in [1.54, 1.807) is 47.4 Å². The van der Waals surface area contributed by atoms with Gasteiger partial charge in [0.15, 0.2) is 5.65 Å². The highest BCUT2D eigenvalue weighted by molar-refractivity contribution is 7.65. The summed E-state index contributed by atoms with van der Waals surface area (Å²) in [6, 6.07) is 10.2. The highest BCUT2D eigenvalue weighted by Crippen LogP contribution is 2.34. The fourth-order valence-electron chi connectivity index (χ4n) is 3.17. The zero-order valence-corrected chi connectivity index (χ0v) is 16.6. The summed E-state index contributed by atoms with van der Waals surface area (Å²) >= 11 is 0. The van der Waals surface area contributed by atoms with Crippen LogP contribution in [0.2, 0.25) is 0 Å². The Hall–Kier alpha value is -3.49. The largest absolute Gasteiger partial charge is 0.341 e. The van der Waals surface area contributed by atoms with Gasteiger partial charge >= 0.3 is 0 Å². The second-order valence-electron chi connectivity index (χ2n) is 6.92. The van der Waals surface area contributed by atoms with Crippen molar-refractivity contribution in [2.45, 2.75) is 6.54 Å². The zero-order valence-electron chi connectivity index (χ0n) is 15.7. The topological polar surface area (TPSA) is 111 Å². The number of aromatic nitrogens is 7. The minimum absolute atomic E-state index is 0.324. The monoisotopic (exact) mass is 423 g/mol. The number of imidazole rings is 1. The lowest BCUT2D eigenvalue weighted by Crippen LogP contribution is -2.05. The Bertz CT molecular complexity index is 1440. The molecule has 150 valence electrons. The zero-order chi connectivity index (χ0) is 20.9. The molecule has 0 radical (unpaired) electrons. The molecule has 0 amide bonds. The van der Waals surface area contributed by atoms with Crippen LogP contribution in [-0.2, 0) is 11.1 Å². The van der Waals surface area contributed by atoms with Gasteiger partial charge in [-0.1, -0.05) is 23.4 Å². The number of pyridine rings is 1. The van der Waals surface area contributed by atoms with E-state index in [-0.39, 0.29) is 0 Å². The number of nitrogens with zero attached hydrogens (tertiary/aromatic N) is 7. The van der Waals surface area contributed by atoms with E-state index in [2.05, 4.69) is 25.3 Å². The third-order valence-electron chi connectivity index (χ3n) is 4.72. The minimum Gasteiger partial charge on any atom is -0.341 e. The molecule has 9 nitrogen and oxygen atoms in total. The van der Waals surface area contributed by atoms with Gasteiger partial charge in [0.1, 0.15) is 5.65 Å². The summed E-state index contributed by atoms with van der Waals surface area (Å²) in [6.45, 7) is 1.62. The van der Waals surface area contributed by atoms with Crippen molar-refractivity contribution in [2.24, 2.45) is 0 Å². The number of hydrogen-bond acceptors (Lipinski definition) is 6. The molecule has 1 N–H and O–H groups in total. The summed E-state index contributed by atoms with van der Waals surface area (Å²) in [5.41, 5.74) is 3.51. The van der Waals surface area contributed by atoms with E-state index in [0.717, 1.165) is 11.1 Å². The fraction of sp³-hybridized carbons (Fsp3) is 0.105. The SMILES string of the molecule is CP(=O)(O)c1ccc(-c2cnc3nnn(Cc4ccc5ncc(F)n5c4)c3n2)cc1.